The average Bonchev–Trinajstić information content (AvgIpc) is 2.49. The Morgan fingerprint density at radius 1 is 0.950 bits per heavy atom. The first kappa shape index (κ1) is 12.3. The molecule has 0 spiro atoms. The summed E-state index contributed by atoms with van der Waals surface area (Å²) in [5.41, 5.74) is 9.15. The van der Waals surface area contributed by atoms with Gasteiger partial charge in [0.15, 0.2) is 5.65 Å². The Balaban J connectivity index is 1.63. The number of aromatic nitrogens is 3. The minimum atomic E-state index is 0.657. The molecule has 0 unspecified atom stereocenters. The second-order valence-electron chi connectivity index (χ2n) is 4.51. The van der Waals surface area contributed by atoms with Crippen molar-refractivity contribution >= 4 is 22.7 Å². The lowest BCUT2D eigenvalue weighted by atomic mass is 10.1. The summed E-state index contributed by atoms with van der Waals surface area (Å²) in [6.07, 6.45) is 4.23. The van der Waals surface area contributed by atoms with E-state index >= 15 is 0 Å². The summed E-state index contributed by atoms with van der Waals surface area (Å²) in [7, 11) is 0. The molecule has 100 valence electrons. The standard InChI is InChI=1S/C15H15N5/c16-12-3-1-11(2-4-12)7-8-18-14-6-5-13-15(20-14)19-10-9-17-13/h1-6,9-10H,7-8,16H2,(H,18,19,20). The topological polar surface area (TPSA) is 76.7 Å². The molecule has 2 heterocycles. The largest absolute Gasteiger partial charge is 0.399 e. The maximum absolute atomic E-state index is 5.66. The number of benzene rings is 1. The molecule has 5 nitrogen and oxygen atoms in total. The summed E-state index contributed by atoms with van der Waals surface area (Å²) >= 11 is 0. The van der Waals surface area contributed by atoms with Gasteiger partial charge in [0.2, 0.25) is 0 Å². The predicted octanol–water partition coefficient (Wildman–Crippen LogP) is 2.26. The lowest BCUT2D eigenvalue weighted by molar-refractivity contribution is 1.01. The van der Waals surface area contributed by atoms with Crippen LogP contribution in [0.4, 0.5) is 11.5 Å². The highest BCUT2D eigenvalue weighted by molar-refractivity contribution is 5.71. The molecule has 0 radical (unpaired) electrons. The van der Waals surface area contributed by atoms with E-state index in [1.165, 1.54) is 5.56 Å². The Bertz CT molecular complexity index is 709. The molecule has 0 aliphatic carbocycles. The fraction of sp³-hybridized carbons (Fsp3) is 0.133. The van der Waals surface area contributed by atoms with Crippen molar-refractivity contribution in [3.05, 3.63) is 54.4 Å². The minimum absolute atomic E-state index is 0.657. The number of nitrogens with two attached hydrogens (primary N) is 1. The number of nitrogens with one attached hydrogen (secondary N) is 1. The predicted molar refractivity (Wildman–Crippen MR) is 80.4 cm³/mol. The fourth-order valence-corrected chi connectivity index (χ4v) is 1.97. The van der Waals surface area contributed by atoms with Crippen LogP contribution in [0.3, 0.4) is 0 Å². The highest BCUT2D eigenvalue weighted by atomic mass is 15.0. The molecular weight excluding hydrogens is 250 g/mol. The third-order valence-electron chi connectivity index (χ3n) is 3.03. The van der Waals surface area contributed by atoms with Crippen molar-refractivity contribution in [2.24, 2.45) is 0 Å². The van der Waals surface area contributed by atoms with Crippen molar-refractivity contribution < 1.29 is 0 Å². The van der Waals surface area contributed by atoms with Gasteiger partial charge >= 0.3 is 0 Å². The van der Waals surface area contributed by atoms with E-state index in [9.17, 15) is 0 Å². The fourth-order valence-electron chi connectivity index (χ4n) is 1.97. The first-order valence-electron chi connectivity index (χ1n) is 6.47. The summed E-state index contributed by atoms with van der Waals surface area (Å²) < 4.78 is 0. The van der Waals surface area contributed by atoms with Crippen molar-refractivity contribution in [2.45, 2.75) is 6.42 Å². The van der Waals surface area contributed by atoms with Crippen LogP contribution in [0.5, 0.6) is 0 Å². The Hall–Kier alpha value is -2.69. The number of hydrogen-bond donors (Lipinski definition) is 2. The molecular formula is C15H15N5. The van der Waals surface area contributed by atoms with E-state index in [2.05, 4.69) is 20.3 Å². The van der Waals surface area contributed by atoms with Gasteiger partial charge in [0.1, 0.15) is 11.3 Å². The van der Waals surface area contributed by atoms with E-state index in [1.54, 1.807) is 12.4 Å². The minimum Gasteiger partial charge on any atom is -0.399 e. The first-order chi connectivity index (χ1) is 9.81. The Morgan fingerprint density at radius 2 is 1.75 bits per heavy atom. The van der Waals surface area contributed by atoms with E-state index in [0.717, 1.165) is 30.0 Å². The SMILES string of the molecule is Nc1ccc(CCNc2ccc3nccnc3n2)cc1. The van der Waals surface area contributed by atoms with Crippen molar-refractivity contribution in [3.8, 4) is 0 Å². The zero-order chi connectivity index (χ0) is 13.8. The third-order valence-corrected chi connectivity index (χ3v) is 3.03. The number of nitrogen functional groups attached to an aromatic ring is 1. The molecule has 3 rings (SSSR count). The number of fused-ring (bicyclic) bond motifs is 1. The molecule has 0 atom stereocenters. The Morgan fingerprint density at radius 3 is 2.60 bits per heavy atom. The highest BCUT2D eigenvalue weighted by Crippen LogP contribution is 2.11. The molecule has 0 saturated carbocycles. The normalized spacial score (nSPS) is 10.6. The summed E-state index contributed by atoms with van der Waals surface area (Å²) in [6, 6.07) is 11.7. The van der Waals surface area contributed by atoms with Crippen molar-refractivity contribution in [2.75, 3.05) is 17.6 Å². The zero-order valence-electron chi connectivity index (χ0n) is 11.0. The number of pyridine rings is 1. The summed E-state index contributed by atoms with van der Waals surface area (Å²) in [5.74, 6) is 0.813. The van der Waals surface area contributed by atoms with Gasteiger partial charge < -0.3 is 11.1 Å². The van der Waals surface area contributed by atoms with Crippen LogP contribution < -0.4 is 11.1 Å². The van der Waals surface area contributed by atoms with Crippen LogP contribution >= 0.6 is 0 Å². The van der Waals surface area contributed by atoms with Gasteiger partial charge in [0, 0.05) is 24.6 Å². The van der Waals surface area contributed by atoms with Gasteiger partial charge in [0.05, 0.1) is 0 Å². The third kappa shape index (κ3) is 2.83. The molecule has 0 saturated heterocycles. The van der Waals surface area contributed by atoms with E-state index in [1.807, 2.05) is 36.4 Å². The summed E-state index contributed by atoms with van der Waals surface area (Å²) in [5, 5.41) is 3.29. The van der Waals surface area contributed by atoms with Gasteiger partial charge in [0.25, 0.3) is 0 Å². The van der Waals surface area contributed by atoms with Crippen molar-refractivity contribution in [1.29, 1.82) is 0 Å². The molecule has 3 aromatic rings. The lowest BCUT2D eigenvalue weighted by Crippen LogP contribution is -2.06. The Kier molecular flexibility index (Phi) is 3.41. The average molecular weight is 265 g/mol. The van der Waals surface area contributed by atoms with Crippen LogP contribution in [0, 0.1) is 0 Å². The molecule has 0 aliphatic heterocycles. The van der Waals surface area contributed by atoms with Crippen LogP contribution in [0.25, 0.3) is 11.2 Å². The van der Waals surface area contributed by atoms with Crippen LogP contribution in [0.15, 0.2) is 48.8 Å². The molecule has 3 N–H and O–H groups in total. The maximum Gasteiger partial charge on any atom is 0.180 e. The van der Waals surface area contributed by atoms with E-state index in [0.29, 0.717) is 5.65 Å². The highest BCUT2D eigenvalue weighted by Gasteiger charge is 1.99. The van der Waals surface area contributed by atoms with Gasteiger partial charge in [-0.15, -0.1) is 0 Å². The van der Waals surface area contributed by atoms with Gasteiger partial charge in [-0.1, -0.05) is 12.1 Å². The quantitative estimate of drug-likeness (QED) is 0.708. The van der Waals surface area contributed by atoms with E-state index in [4.69, 9.17) is 5.73 Å². The number of hydrogen-bond acceptors (Lipinski definition) is 5. The number of nitrogens with zero attached hydrogens (tertiary/aromatic N) is 3. The number of rotatable bonds is 4. The summed E-state index contributed by atoms with van der Waals surface area (Å²) in [4.78, 5) is 12.8. The van der Waals surface area contributed by atoms with Gasteiger partial charge in [-0.05, 0) is 36.2 Å². The van der Waals surface area contributed by atoms with E-state index in [-0.39, 0.29) is 0 Å². The molecule has 0 bridgehead atoms. The molecule has 20 heavy (non-hydrogen) atoms. The first-order valence-corrected chi connectivity index (χ1v) is 6.47. The van der Waals surface area contributed by atoms with Crippen LogP contribution in [-0.2, 0) is 6.42 Å². The molecule has 1 aromatic carbocycles. The zero-order valence-corrected chi connectivity index (χ0v) is 11.0. The molecule has 5 heteroatoms. The smallest absolute Gasteiger partial charge is 0.180 e. The molecule has 0 amide bonds. The maximum atomic E-state index is 5.66. The molecule has 0 aliphatic rings. The van der Waals surface area contributed by atoms with Crippen LogP contribution in [0.1, 0.15) is 5.56 Å². The Labute approximate surface area is 116 Å². The van der Waals surface area contributed by atoms with E-state index < -0.39 is 0 Å². The second kappa shape index (κ2) is 5.52. The number of anilines is 2. The molecule has 0 fully saturated rings. The van der Waals surface area contributed by atoms with Crippen molar-refractivity contribution in [3.63, 3.8) is 0 Å². The summed E-state index contributed by atoms with van der Waals surface area (Å²) in [6.45, 7) is 0.808. The second-order valence-corrected chi connectivity index (χ2v) is 4.51. The monoisotopic (exact) mass is 265 g/mol. The van der Waals surface area contributed by atoms with Crippen molar-refractivity contribution in [1.82, 2.24) is 15.0 Å². The van der Waals surface area contributed by atoms with Crippen LogP contribution in [0.2, 0.25) is 0 Å². The molecule has 2 aromatic heterocycles. The van der Waals surface area contributed by atoms with Gasteiger partial charge in [-0.2, -0.15) is 0 Å². The van der Waals surface area contributed by atoms with Gasteiger partial charge in [-0.3, -0.25) is 4.98 Å². The lowest BCUT2D eigenvalue weighted by Gasteiger charge is -2.06. The van der Waals surface area contributed by atoms with Gasteiger partial charge in [-0.25, -0.2) is 9.97 Å². The van der Waals surface area contributed by atoms with Crippen LogP contribution in [-0.4, -0.2) is 21.5 Å².